The van der Waals surface area contributed by atoms with E-state index >= 15 is 0 Å². The summed E-state index contributed by atoms with van der Waals surface area (Å²) < 4.78 is 17.5. The molecular weight excluding hydrogens is 444 g/mol. The van der Waals surface area contributed by atoms with Crippen molar-refractivity contribution >= 4 is 22.4 Å². The molecule has 9 heteroatoms. The maximum absolute atomic E-state index is 6.05. The third-order valence-electron chi connectivity index (χ3n) is 6.00. The predicted molar refractivity (Wildman–Crippen MR) is 134 cm³/mol. The van der Waals surface area contributed by atoms with Gasteiger partial charge in [-0.1, -0.05) is 13.0 Å². The Morgan fingerprint density at radius 2 is 1.97 bits per heavy atom. The van der Waals surface area contributed by atoms with Crippen LogP contribution >= 0.6 is 0 Å². The number of ether oxygens (including phenoxy) is 3. The van der Waals surface area contributed by atoms with Crippen LogP contribution in [0.2, 0.25) is 0 Å². The van der Waals surface area contributed by atoms with Gasteiger partial charge in [0.25, 0.3) is 0 Å². The highest BCUT2D eigenvalue weighted by Crippen LogP contribution is 2.32. The summed E-state index contributed by atoms with van der Waals surface area (Å²) >= 11 is 0. The predicted octanol–water partition coefficient (Wildman–Crippen LogP) is 3.95. The van der Waals surface area contributed by atoms with Crippen molar-refractivity contribution in [2.24, 2.45) is 0 Å². The van der Waals surface area contributed by atoms with Crippen LogP contribution in [0.5, 0.6) is 11.6 Å². The molecule has 1 aliphatic heterocycles. The molecule has 0 spiro atoms. The fourth-order valence-corrected chi connectivity index (χ4v) is 4.08. The van der Waals surface area contributed by atoms with Gasteiger partial charge < -0.3 is 19.5 Å². The van der Waals surface area contributed by atoms with E-state index in [4.69, 9.17) is 14.2 Å². The largest absolute Gasteiger partial charge is 0.487 e. The van der Waals surface area contributed by atoms with Gasteiger partial charge in [-0.15, -0.1) is 5.10 Å². The fraction of sp³-hybridized carbons (Fsp3) is 0.346. The van der Waals surface area contributed by atoms with Gasteiger partial charge in [-0.05, 0) is 48.4 Å². The summed E-state index contributed by atoms with van der Waals surface area (Å²) in [4.78, 5) is 11.2. The van der Waals surface area contributed by atoms with E-state index in [1.54, 1.807) is 12.4 Å². The smallest absolute Gasteiger partial charge is 0.244 e. The summed E-state index contributed by atoms with van der Waals surface area (Å²) in [5.74, 6) is 2.10. The lowest BCUT2D eigenvalue weighted by molar-refractivity contribution is 0.0321. The van der Waals surface area contributed by atoms with Crippen LogP contribution in [0.1, 0.15) is 18.2 Å². The first-order valence-corrected chi connectivity index (χ1v) is 12.0. The zero-order chi connectivity index (χ0) is 23.9. The highest BCUT2D eigenvalue weighted by molar-refractivity contribution is 5.95. The number of pyridine rings is 2. The molecule has 1 fully saturated rings. The number of nitrogens with one attached hydrogen (secondary N) is 2. The van der Waals surface area contributed by atoms with Gasteiger partial charge in [0.2, 0.25) is 5.88 Å². The minimum absolute atomic E-state index is 0.432. The molecule has 182 valence electrons. The lowest BCUT2D eigenvalue weighted by Crippen LogP contribution is -2.38. The summed E-state index contributed by atoms with van der Waals surface area (Å²) in [6, 6.07) is 13.8. The molecule has 1 aromatic carbocycles. The molecular formula is C26H30N6O3. The van der Waals surface area contributed by atoms with Crippen LogP contribution in [0.4, 0.5) is 11.5 Å². The van der Waals surface area contributed by atoms with Gasteiger partial charge in [0.15, 0.2) is 0 Å². The molecule has 0 unspecified atom stereocenters. The van der Waals surface area contributed by atoms with E-state index in [1.165, 1.54) is 0 Å². The first kappa shape index (κ1) is 23.1. The second-order valence-electron chi connectivity index (χ2n) is 8.32. The van der Waals surface area contributed by atoms with E-state index in [-0.39, 0.29) is 0 Å². The second-order valence-corrected chi connectivity index (χ2v) is 8.32. The Balaban J connectivity index is 1.29. The Hall–Kier alpha value is -3.69. The summed E-state index contributed by atoms with van der Waals surface area (Å²) in [6.45, 7) is 7.34. The first-order chi connectivity index (χ1) is 17.3. The van der Waals surface area contributed by atoms with Crippen molar-refractivity contribution in [3.05, 3.63) is 66.1 Å². The van der Waals surface area contributed by atoms with Gasteiger partial charge in [0.05, 0.1) is 24.4 Å². The summed E-state index contributed by atoms with van der Waals surface area (Å²) in [7, 11) is 0. The van der Waals surface area contributed by atoms with E-state index in [0.29, 0.717) is 24.9 Å². The highest BCUT2D eigenvalue weighted by Gasteiger charge is 2.15. The van der Waals surface area contributed by atoms with Gasteiger partial charge >= 0.3 is 0 Å². The van der Waals surface area contributed by atoms with Gasteiger partial charge in [-0.2, -0.15) is 0 Å². The molecule has 1 saturated heterocycles. The summed E-state index contributed by atoms with van der Waals surface area (Å²) in [5.41, 5.74) is 3.79. The average molecular weight is 475 g/mol. The van der Waals surface area contributed by atoms with E-state index in [0.717, 1.165) is 72.9 Å². The molecule has 4 heterocycles. The number of hydrogen-bond donors (Lipinski definition) is 2. The van der Waals surface area contributed by atoms with E-state index in [1.807, 2.05) is 36.4 Å². The Labute approximate surface area is 204 Å². The average Bonchev–Trinajstić information content (AvgIpc) is 3.33. The minimum atomic E-state index is 0.432. The van der Waals surface area contributed by atoms with Crippen LogP contribution in [0, 0.1) is 0 Å². The monoisotopic (exact) mass is 474 g/mol. The molecule has 0 bridgehead atoms. The van der Waals surface area contributed by atoms with Crippen LogP contribution in [0.25, 0.3) is 10.9 Å². The maximum Gasteiger partial charge on any atom is 0.244 e. The number of nitrogens with zero attached hydrogens (tertiary/aromatic N) is 4. The van der Waals surface area contributed by atoms with Crippen molar-refractivity contribution in [3.63, 3.8) is 0 Å². The quantitative estimate of drug-likeness (QED) is 0.357. The van der Waals surface area contributed by atoms with Crippen molar-refractivity contribution in [3.8, 4) is 11.6 Å². The lowest BCUT2D eigenvalue weighted by atomic mass is 10.1. The van der Waals surface area contributed by atoms with Crippen LogP contribution in [0.3, 0.4) is 0 Å². The topological polar surface area (TPSA) is 97.4 Å². The number of morpholine rings is 1. The SMILES string of the molecule is CCc1cc(Nc2nccc3[nH]nc(OCCN4CCOCC4)c23)ccc1OCc1ccccn1. The zero-order valence-electron chi connectivity index (χ0n) is 19.9. The number of anilines is 2. The number of aromatic amines is 1. The molecule has 0 saturated carbocycles. The van der Waals surface area contributed by atoms with Crippen LogP contribution in [-0.4, -0.2) is 64.5 Å². The number of benzene rings is 1. The lowest BCUT2D eigenvalue weighted by Gasteiger charge is -2.26. The van der Waals surface area contributed by atoms with E-state index in [9.17, 15) is 0 Å². The zero-order valence-corrected chi connectivity index (χ0v) is 19.9. The normalized spacial score (nSPS) is 14.2. The molecule has 0 aliphatic carbocycles. The van der Waals surface area contributed by atoms with E-state index < -0.39 is 0 Å². The van der Waals surface area contributed by atoms with Crippen molar-refractivity contribution < 1.29 is 14.2 Å². The highest BCUT2D eigenvalue weighted by atomic mass is 16.5. The molecule has 4 aromatic rings. The van der Waals surface area contributed by atoms with Crippen molar-refractivity contribution in [1.29, 1.82) is 0 Å². The summed E-state index contributed by atoms with van der Waals surface area (Å²) in [5, 5.41) is 11.7. The van der Waals surface area contributed by atoms with Crippen molar-refractivity contribution in [2.75, 3.05) is 44.8 Å². The number of aryl methyl sites for hydroxylation is 1. The van der Waals surface area contributed by atoms with Crippen LogP contribution < -0.4 is 14.8 Å². The second kappa shape index (κ2) is 11.2. The van der Waals surface area contributed by atoms with E-state index in [2.05, 4.69) is 43.4 Å². The molecule has 9 nitrogen and oxygen atoms in total. The first-order valence-electron chi connectivity index (χ1n) is 12.0. The van der Waals surface area contributed by atoms with Gasteiger partial charge in [0.1, 0.15) is 30.2 Å². The van der Waals surface area contributed by atoms with Crippen LogP contribution in [-0.2, 0) is 17.8 Å². The van der Waals surface area contributed by atoms with Crippen molar-refractivity contribution in [1.82, 2.24) is 25.1 Å². The summed E-state index contributed by atoms with van der Waals surface area (Å²) in [6.07, 6.45) is 4.37. The van der Waals surface area contributed by atoms with Crippen molar-refractivity contribution in [2.45, 2.75) is 20.0 Å². The molecule has 0 atom stereocenters. The third-order valence-corrected chi connectivity index (χ3v) is 6.00. The molecule has 35 heavy (non-hydrogen) atoms. The van der Waals surface area contributed by atoms with Gasteiger partial charge in [0, 0.05) is 37.7 Å². The Morgan fingerprint density at radius 3 is 2.80 bits per heavy atom. The number of fused-ring (bicyclic) bond motifs is 1. The molecule has 0 amide bonds. The molecule has 5 rings (SSSR count). The third kappa shape index (κ3) is 5.70. The minimum Gasteiger partial charge on any atom is -0.487 e. The standard InChI is InChI=1S/C26H30N6O3/c1-2-19-17-20(6-7-23(19)35-18-21-5-3-4-9-27-21)29-25-24-22(8-10-28-25)30-31-26(24)34-16-13-32-11-14-33-15-12-32/h3-10,17H,2,11-16,18H2,1H3,(H,28,29)(H,30,31). The molecule has 1 aliphatic rings. The van der Waals surface area contributed by atoms with Crippen LogP contribution in [0.15, 0.2) is 54.9 Å². The maximum atomic E-state index is 6.05. The Kier molecular flexibility index (Phi) is 7.35. The Bertz CT molecular complexity index is 1240. The molecule has 0 radical (unpaired) electrons. The van der Waals surface area contributed by atoms with Gasteiger partial charge in [-0.3, -0.25) is 15.0 Å². The number of H-pyrrole nitrogens is 1. The molecule has 2 N–H and O–H groups in total. The van der Waals surface area contributed by atoms with Gasteiger partial charge in [-0.25, -0.2) is 4.98 Å². The number of aromatic nitrogens is 4. The number of hydrogen-bond acceptors (Lipinski definition) is 8. The number of rotatable bonds is 10. The fourth-order valence-electron chi connectivity index (χ4n) is 4.08. The molecule has 3 aromatic heterocycles. The Morgan fingerprint density at radius 1 is 1.06 bits per heavy atom.